The number of hydrogen-bond acceptors (Lipinski definition) is 5. The zero-order valence-corrected chi connectivity index (χ0v) is 39.9. The molecule has 0 fully saturated rings. The molecule has 0 aromatic heterocycles. The van der Waals surface area contributed by atoms with Crippen LogP contribution >= 0.6 is 0 Å². The van der Waals surface area contributed by atoms with Crippen molar-refractivity contribution < 1.29 is 24.5 Å². The number of unbranched alkanes of at least 4 members (excludes halogenated alkanes) is 34. The molecule has 0 aliphatic heterocycles. The molecule has 0 bridgehead atoms. The second kappa shape index (κ2) is 47.6. The summed E-state index contributed by atoms with van der Waals surface area (Å²) in [6.07, 6.45) is 52.8. The van der Waals surface area contributed by atoms with Crippen LogP contribution in [0.15, 0.2) is 12.2 Å². The van der Waals surface area contributed by atoms with Crippen LogP contribution in [0.1, 0.15) is 290 Å². The van der Waals surface area contributed by atoms with Crippen molar-refractivity contribution in [3.63, 3.8) is 0 Å². The Balaban J connectivity index is 4.44. The molecule has 0 rings (SSSR count). The highest BCUT2D eigenvalue weighted by molar-refractivity contribution is 5.77. The quantitative estimate of drug-likeness (QED) is 0.0322. The molecule has 0 aromatic rings. The lowest BCUT2D eigenvalue weighted by Gasteiger charge is -2.24. The number of rotatable bonds is 48. The van der Waals surface area contributed by atoms with Crippen LogP contribution in [0.5, 0.6) is 0 Å². The van der Waals surface area contributed by atoms with Crippen LogP contribution in [-0.4, -0.2) is 46.9 Å². The average Bonchev–Trinajstić information content (AvgIpc) is 3.23. The second-order valence-corrected chi connectivity index (χ2v) is 18.3. The van der Waals surface area contributed by atoms with Crippen LogP contribution in [0, 0.1) is 0 Å². The van der Waals surface area contributed by atoms with Gasteiger partial charge in [0.2, 0.25) is 5.91 Å². The summed E-state index contributed by atoms with van der Waals surface area (Å²) in [4.78, 5) is 26.1. The van der Waals surface area contributed by atoms with Crippen molar-refractivity contribution in [1.82, 2.24) is 5.32 Å². The molecule has 59 heavy (non-hydrogen) atoms. The third kappa shape index (κ3) is 43.1. The zero-order chi connectivity index (χ0) is 43.1. The Hall–Kier alpha value is -1.40. The number of nitrogens with one attached hydrogen (secondary N) is 1. The summed E-state index contributed by atoms with van der Waals surface area (Å²) in [5.41, 5.74) is 0. The van der Waals surface area contributed by atoms with Crippen molar-refractivity contribution in [2.45, 2.75) is 309 Å². The number of carbonyl (C=O) groups is 2. The topological polar surface area (TPSA) is 95.9 Å². The van der Waals surface area contributed by atoms with Crippen LogP contribution in [0.2, 0.25) is 0 Å². The fourth-order valence-electron chi connectivity index (χ4n) is 8.31. The van der Waals surface area contributed by atoms with Gasteiger partial charge in [-0.3, -0.25) is 9.59 Å². The summed E-state index contributed by atoms with van der Waals surface area (Å²) in [6.45, 7) is 6.48. The van der Waals surface area contributed by atoms with Crippen molar-refractivity contribution in [1.29, 1.82) is 0 Å². The maximum Gasteiger partial charge on any atom is 0.306 e. The lowest BCUT2D eigenvalue weighted by molar-refractivity contribution is -0.151. The van der Waals surface area contributed by atoms with Crippen molar-refractivity contribution in [2.75, 3.05) is 6.61 Å². The summed E-state index contributed by atoms with van der Waals surface area (Å²) in [6, 6.07) is -0.699. The molecule has 3 unspecified atom stereocenters. The molecule has 6 heteroatoms. The minimum atomic E-state index is -0.785. The third-order valence-electron chi connectivity index (χ3n) is 12.3. The predicted molar refractivity (Wildman–Crippen MR) is 255 cm³/mol. The molecule has 0 aliphatic rings. The van der Waals surface area contributed by atoms with Gasteiger partial charge in [-0.1, -0.05) is 238 Å². The van der Waals surface area contributed by atoms with Crippen molar-refractivity contribution in [3.8, 4) is 0 Å². The Bertz CT molecular complexity index is 893. The van der Waals surface area contributed by atoms with E-state index in [4.69, 9.17) is 4.74 Å². The highest BCUT2D eigenvalue weighted by atomic mass is 16.5. The molecule has 0 heterocycles. The van der Waals surface area contributed by atoms with Gasteiger partial charge in [0.05, 0.1) is 25.2 Å². The number of esters is 1. The first-order chi connectivity index (χ1) is 29.0. The Morgan fingerprint density at radius 1 is 0.475 bits per heavy atom. The van der Waals surface area contributed by atoms with Crippen molar-refractivity contribution >= 4 is 11.9 Å². The van der Waals surface area contributed by atoms with Crippen LogP contribution < -0.4 is 5.32 Å². The number of carbonyl (C=O) groups excluding carboxylic acids is 2. The highest BCUT2D eigenvalue weighted by Gasteiger charge is 2.24. The molecule has 0 saturated heterocycles. The van der Waals surface area contributed by atoms with Crippen molar-refractivity contribution in [2.24, 2.45) is 0 Å². The highest BCUT2D eigenvalue weighted by Crippen LogP contribution is 2.18. The molecular weight excluding hydrogens is 731 g/mol. The number of allylic oxidation sites excluding steroid dienone is 2. The molecule has 350 valence electrons. The van der Waals surface area contributed by atoms with E-state index in [1.165, 1.54) is 180 Å². The first-order valence-electron chi connectivity index (χ1n) is 26.4. The first kappa shape index (κ1) is 57.6. The minimum absolute atomic E-state index is 0.0735. The summed E-state index contributed by atoms with van der Waals surface area (Å²) in [5, 5.41) is 23.7. The van der Waals surface area contributed by atoms with Gasteiger partial charge in [-0.25, -0.2) is 0 Å². The van der Waals surface area contributed by atoms with Crippen LogP contribution in [0.4, 0.5) is 0 Å². The number of amides is 1. The van der Waals surface area contributed by atoms with Gasteiger partial charge in [0, 0.05) is 6.42 Å². The van der Waals surface area contributed by atoms with E-state index in [-0.39, 0.29) is 24.9 Å². The van der Waals surface area contributed by atoms with E-state index in [1.807, 2.05) is 0 Å². The van der Waals surface area contributed by atoms with Crippen LogP contribution in [0.3, 0.4) is 0 Å². The van der Waals surface area contributed by atoms with Crippen LogP contribution in [-0.2, 0) is 14.3 Å². The van der Waals surface area contributed by atoms with E-state index < -0.39 is 18.2 Å². The van der Waals surface area contributed by atoms with Gasteiger partial charge < -0.3 is 20.3 Å². The Labute approximate surface area is 368 Å². The SMILES string of the molecule is CCCCC/C=C\CCCCCC(CC(=O)NC(CO)C(O)CCCCCCCCCCCCCCC)OC(=O)CCCCCCCCCCCCCCCCCCC. The second-order valence-electron chi connectivity index (χ2n) is 18.3. The lowest BCUT2D eigenvalue weighted by Crippen LogP contribution is -2.46. The van der Waals surface area contributed by atoms with E-state index in [0.717, 1.165) is 64.2 Å². The van der Waals surface area contributed by atoms with Gasteiger partial charge in [0.1, 0.15) is 6.10 Å². The number of aliphatic hydroxyl groups excluding tert-OH is 2. The molecule has 3 N–H and O–H groups in total. The molecule has 0 saturated carbocycles. The van der Waals surface area contributed by atoms with Crippen molar-refractivity contribution in [3.05, 3.63) is 12.2 Å². The first-order valence-corrected chi connectivity index (χ1v) is 26.4. The van der Waals surface area contributed by atoms with E-state index in [0.29, 0.717) is 19.3 Å². The molecule has 3 atom stereocenters. The molecule has 0 aromatic carbocycles. The fourth-order valence-corrected chi connectivity index (χ4v) is 8.31. The van der Waals surface area contributed by atoms with E-state index in [1.54, 1.807) is 0 Å². The van der Waals surface area contributed by atoms with Gasteiger partial charge >= 0.3 is 5.97 Å². The molecule has 0 aliphatic carbocycles. The third-order valence-corrected chi connectivity index (χ3v) is 12.3. The van der Waals surface area contributed by atoms with Gasteiger partial charge in [-0.05, 0) is 51.4 Å². The molecular formula is C53H103NO5. The van der Waals surface area contributed by atoms with E-state index in [2.05, 4.69) is 38.2 Å². The van der Waals surface area contributed by atoms with E-state index in [9.17, 15) is 19.8 Å². The van der Waals surface area contributed by atoms with Crippen LogP contribution in [0.25, 0.3) is 0 Å². The number of aliphatic hydroxyl groups is 2. The number of ether oxygens (including phenoxy) is 1. The molecule has 0 spiro atoms. The summed E-state index contributed by atoms with van der Waals surface area (Å²) < 4.78 is 5.92. The number of hydrogen-bond donors (Lipinski definition) is 3. The molecule has 1 amide bonds. The van der Waals surface area contributed by atoms with Gasteiger partial charge in [0.15, 0.2) is 0 Å². The maximum atomic E-state index is 13.2. The summed E-state index contributed by atoms with van der Waals surface area (Å²) >= 11 is 0. The molecule has 6 nitrogen and oxygen atoms in total. The summed E-state index contributed by atoms with van der Waals surface area (Å²) in [7, 11) is 0. The fraction of sp³-hybridized carbons (Fsp3) is 0.925. The zero-order valence-electron chi connectivity index (χ0n) is 39.9. The Morgan fingerprint density at radius 2 is 0.814 bits per heavy atom. The van der Waals surface area contributed by atoms with Gasteiger partial charge in [0.25, 0.3) is 0 Å². The predicted octanol–water partition coefficient (Wildman–Crippen LogP) is 15.7. The molecule has 0 radical (unpaired) electrons. The lowest BCUT2D eigenvalue weighted by atomic mass is 10.0. The Morgan fingerprint density at radius 3 is 1.24 bits per heavy atom. The van der Waals surface area contributed by atoms with Gasteiger partial charge in [-0.15, -0.1) is 0 Å². The van der Waals surface area contributed by atoms with E-state index >= 15 is 0 Å². The van der Waals surface area contributed by atoms with Gasteiger partial charge in [-0.2, -0.15) is 0 Å². The monoisotopic (exact) mass is 834 g/mol. The Kier molecular flexibility index (Phi) is 46.5. The standard InChI is InChI=1S/C53H103NO5/c1-4-7-10-13-16-19-22-24-25-26-27-29-31-34-37-40-43-46-53(58)59-49(44-41-38-35-32-21-18-15-12-9-6-3)47-52(57)54-50(48-55)51(56)45-42-39-36-33-30-28-23-20-17-14-11-8-5-2/h18,21,49-51,55-56H,4-17,19-20,22-48H2,1-3H3,(H,54,57)/b21-18-. The summed E-state index contributed by atoms with van der Waals surface area (Å²) in [5.74, 6) is -0.473. The largest absolute Gasteiger partial charge is 0.462 e. The normalized spacial score (nSPS) is 13.2. The maximum absolute atomic E-state index is 13.2. The smallest absolute Gasteiger partial charge is 0.306 e. The average molecular weight is 834 g/mol. The minimum Gasteiger partial charge on any atom is -0.462 e.